The number of nitrogens with one attached hydrogen (secondary N) is 2. The Bertz CT molecular complexity index is 1110. The maximum Gasteiger partial charge on any atom is 0.262 e. The van der Waals surface area contributed by atoms with Gasteiger partial charge in [0.25, 0.3) is 15.9 Å². The predicted molar refractivity (Wildman–Crippen MR) is 120 cm³/mol. The van der Waals surface area contributed by atoms with Crippen LogP contribution in [0.5, 0.6) is 0 Å². The van der Waals surface area contributed by atoms with Gasteiger partial charge in [0.1, 0.15) is 0 Å². The monoisotopic (exact) mass is 422 g/mol. The van der Waals surface area contributed by atoms with E-state index in [0.29, 0.717) is 23.4 Å². The zero-order chi connectivity index (χ0) is 21.6. The highest BCUT2D eigenvalue weighted by Crippen LogP contribution is 2.21. The summed E-state index contributed by atoms with van der Waals surface area (Å²) in [4.78, 5) is 12.6. The molecule has 0 aliphatic carbocycles. The fourth-order valence-corrected chi connectivity index (χ4v) is 4.43. The van der Waals surface area contributed by atoms with Crippen LogP contribution in [-0.2, 0) is 16.4 Å². The lowest BCUT2D eigenvalue weighted by atomic mass is 10.1. The molecule has 0 heterocycles. The molecule has 1 amide bonds. The summed E-state index contributed by atoms with van der Waals surface area (Å²) < 4.78 is 28.1. The molecule has 6 heteroatoms. The molecule has 3 rings (SSSR count). The normalized spacial score (nSPS) is 11.1. The highest BCUT2D eigenvalue weighted by Gasteiger charge is 2.19. The highest BCUT2D eigenvalue weighted by molar-refractivity contribution is 7.92. The van der Waals surface area contributed by atoms with E-state index in [1.165, 1.54) is 17.2 Å². The molecule has 3 aromatic carbocycles. The molecule has 5 nitrogen and oxygen atoms in total. The smallest absolute Gasteiger partial charge is 0.262 e. The van der Waals surface area contributed by atoms with Gasteiger partial charge < -0.3 is 5.32 Å². The number of hydrogen-bond acceptors (Lipinski definition) is 3. The molecule has 0 aliphatic heterocycles. The molecular formula is C24H26N2O3S. The van der Waals surface area contributed by atoms with Crippen LogP contribution in [0.3, 0.4) is 0 Å². The Morgan fingerprint density at radius 1 is 0.900 bits per heavy atom. The minimum Gasteiger partial charge on any atom is -0.352 e. The molecule has 0 saturated heterocycles. The number of amides is 1. The number of anilines is 1. The number of benzene rings is 3. The Kier molecular flexibility index (Phi) is 6.90. The van der Waals surface area contributed by atoms with Crippen LogP contribution in [0.25, 0.3) is 0 Å². The minimum atomic E-state index is -3.79. The van der Waals surface area contributed by atoms with Crippen molar-refractivity contribution in [2.24, 2.45) is 0 Å². The van der Waals surface area contributed by atoms with Crippen molar-refractivity contribution in [1.82, 2.24) is 5.32 Å². The molecule has 2 N–H and O–H groups in total. The topological polar surface area (TPSA) is 75.3 Å². The second-order valence-electron chi connectivity index (χ2n) is 7.30. The van der Waals surface area contributed by atoms with Crippen LogP contribution in [0.2, 0.25) is 0 Å². The Morgan fingerprint density at radius 3 is 2.30 bits per heavy atom. The van der Waals surface area contributed by atoms with Crippen molar-refractivity contribution in [3.05, 3.63) is 95.1 Å². The van der Waals surface area contributed by atoms with E-state index < -0.39 is 10.0 Å². The standard InChI is InChI=1S/C24H26N2O3S/c1-18-10-13-20(14-11-18)7-6-16-25-24(27)21-15-12-19(2)23(17-21)30(28,29)26-22-8-4-3-5-9-22/h3-5,8-15,17,26H,6-7,16H2,1-2H3,(H,25,27). The van der Waals surface area contributed by atoms with E-state index >= 15 is 0 Å². The van der Waals surface area contributed by atoms with E-state index in [-0.39, 0.29) is 10.8 Å². The summed E-state index contributed by atoms with van der Waals surface area (Å²) in [5, 5.41) is 2.87. The molecule has 0 bridgehead atoms. The first-order valence-electron chi connectivity index (χ1n) is 9.87. The van der Waals surface area contributed by atoms with Gasteiger partial charge in [-0.25, -0.2) is 8.42 Å². The summed E-state index contributed by atoms with van der Waals surface area (Å²) in [5.74, 6) is -0.282. The number of carbonyl (C=O) groups excluding carboxylic acids is 1. The highest BCUT2D eigenvalue weighted by atomic mass is 32.2. The van der Waals surface area contributed by atoms with Gasteiger partial charge in [-0.3, -0.25) is 9.52 Å². The summed E-state index contributed by atoms with van der Waals surface area (Å²) in [6, 6.07) is 21.7. The molecule has 30 heavy (non-hydrogen) atoms. The minimum absolute atomic E-state index is 0.0960. The lowest BCUT2D eigenvalue weighted by Gasteiger charge is -2.12. The zero-order valence-electron chi connectivity index (χ0n) is 17.2. The quantitative estimate of drug-likeness (QED) is 0.526. The van der Waals surface area contributed by atoms with Gasteiger partial charge in [0.05, 0.1) is 4.90 Å². The van der Waals surface area contributed by atoms with Gasteiger partial charge in [-0.05, 0) is 62.1 Å². The molecule has 3 aromatic rings. The molecule has 156 valence electrons. The first-order chi connectivity index (χ1) is 14.3. The number of para-hydroxylation sites is 1. The van der Waals surface area contributed by atoms with E-state index in [0.717, 1.165) is 12.8 Å². The van der Waals surface area contributed by atoms with Gasteiger partial charge in [0, 0.05) is 17.8 Å². The van der Waals surface area contributed by atoms with Crippen LogP contribution in [0.4, 0.5) is 5.69 Å². The lowest BCUT2D eigenvalue weighted by Crippen LogP contribution is -2.25. The maximum atomic E-state index is 12.8. The second-order valence-corrected chi connectivity index (χ2v) is 8.95. The average molecular weight is 423 g/mol. The molecular weight excluding hydrogens is 396 g/mol. The average Bonchev–Trinajstić information content (AvgIpc) is 2.73. The summed E-state index contributed by atoms with van der Waals surface area (Å²) in [7, 11) is -3.79. The summed E-state index contributed by atoms with van der Waals surface area (Å²) in [5.41, 5.74) is 3.83. The van der Waals surface area contributed by atoms with Crippen LogP contribution in [0, 0.1) is 13.8 Å². The van der Waals surface area contributed by atoms with Gasteiger partial charge in [-0.15, -0.1) is 0 Å². The Hall–Kier alpha value is -3.12. The SMILES string of the molecule is Cc1ccc(CCCNC(=O)c2ccc(C)c(S(=O)(=O)Nc3ccccc3)c2)cc1. The van der Waals surface area contributed by atoms with Gasteiger partial charge in [-0.1, -0.05) is 54.1 Å². The summed E-state index contributed by atoms with van der Waals surface area (Å²) in [6.45, 7) is 4.28. The Balaban J connectivity index is 1.63. The molecule has 0 saturated carbocycles. The van der Waals surface area contributed by atoms with Crippen LogP contribution in [-0.4, -0.2) is 20.9 Å². The van der Waals surface area contributed by atoms with Crippen LogP contribution >= 0.6 is 0 Å². The molecule has 0 unspecified atom stereocenters. The number of rotatable bonds is 8. The number of sulfonamides is 1. The van der Waals surface area contributed by atoms with E-state index in [2.05, 4.69) is 41.2 Å². The fourth-order valence-electron chi connectivity index (χ4n) is 3.10. The predicted octanol–water partition coefficient (Wildman–Crippen LogP) is 4.47. The first kappa shape index (κ1) is 21.6. The van der Waals surface area contributed by atoms with Crippen molar-refractivity contribution < 1.29 is 13.2 Å². The van der Waals surface area contributed by atoms with Crippen LogP contribution < -0.4 is 10.0 Å². The van der Waals surface area contributed by atoms with Crippen molar-refractivity contribution in [3.8, 4) is 0 Å². The largest absolute Gasteiger partial charge is 0.352 e. The third-order valence-electron chi connectivity index (χ3n) is 4.81. The van der Waals surface area contributed by atoms with Crippen molar-refractivity contribution in [2.75, 3.05) is 11.3 Å². The van der Waals surface area contributed by atoms with Crippen molar-refractivity contribution in [2.45, 2.75) is 31.6 Å². The van der Waals surface area contributed by atoms with Gasteiger partial charge in [0.2, 0.25) is 0 Å². The van der Waals surface area contributed by atoms with E-state index in [1.807, 2.05) is 6.07 Å². The van der Waals surface area contributed by atoms with Gasteiger partial charge >= 0.3 is 0 Å². The van der Waals surface area contributed by atoms with Gasteiger partial charge in [-0.2, -0.15) is 0 Å². The van der Waals surface area contributed by atoms with Crippen molar-refractivity contribution >= 4 is 21.6 Å². The number of hydrogen-bond donors (Lipinski definition) is 2. The zero-order valence-corrected chi connectivity index (χ0v) is 18.0. The van der Waals surface area contributed by atoms with E-state index in [1.54, 1.807) is 43.3 Å². The fraction of sp³-hybridized carbons (Fsp3) is 0.208. The second kappa shape index (κ2) is 9.59. The first-order valence-corrected chi connectivity index (χ1v) is 11.4. The third kappa shape index (κ3) is 5.70. The summed E-state index contributed by atoms with van der Waals surface area (Å²) >= 11 is 0. The maximum absolute atomic E-state index is 12.8. The molecule has 0 aliphatic rings. The Labute approximate surface area is 178 Å². The lowest BCUT2D eigenvalue weighted by molar-refractivity contribution is 0.0953. The Morgan fingerprint density at radius 2 is 1.60 bits per heavy atom. The van der Waals surface area contributed by atoms with Crippen molar-refractivity contribution in [3.63, 3.8) is 0 Å². The molecule has 0 spiro atoms. The number of aryl methyl sites for hydroxylation is 3. The van der Waals surface area contributed by atoms with Gasteiger partial charge in [0.15, 0.2) is 0 Å². The van der Waals surface area contributed by atoms with Crippen LogP contribution in [0.1, 0.15) is 33.5 Å². The molecule has 0 atom stereocenters. The van der Waals surface area contributed by atoms with E-state index in [9.17, 15) is 13.2 Å². The molecule has 0 fully saturated rings. The molecule has 0 aromatic heterocycles. The van der Waals surface area contributed by atoms with E-state index in [4.69, 9.17) is 0 Å². The third-order valence-corrected chi connectivity index (χ3v) is 6.34. The number of carbonyl (C=O) groups is 1. The summed E-state index contributed by atoms with van der Waals surface area (Å²) in [6.07, 6.45) is 1.68. The van der Waals surface area contributed by atoms with Crippen LogP contribution in [0.15, 0.2) is 77.7 Å². The molecule has 0 radical (unpaired) electrons. The van der Waals surface area contributed by atoms with Crippen molar-refractivity contribution in [1.29, 1.82) is 0 Å².